The average molecular weight is 477 g/mol. The topological polar surface area (TPSA) is 49.5 Å². The number of ether oxygens (including phenoxy) is 2. The van der Waals surface area contributed by atoms with Gasteiger partial charge in [0.1, 0.15) is 6.10 Å². The molecular formula is C23H36O5Si3. The summed E-state index contributed by atoms with van der Waals surface area (Å²) in [7, 11) is -5.54. The summed E-state index contributed by atoms with van der Waals surface area (Å²) in [6, 6.07) is 22.0. The van der Waals surface area contributed by atoms with Crippen LogP contribution in [0.5, 0.6) is 0 Å². The standard InChI is InChI=1S/C23H36O5Si3/c1-24-30(4,18-12-17-25-19-21-20-26-21)27-29(2,3)28-31(5,22-13-8-6-9-14-22)23-15-10-7-11-16-23/h6-11,13-16,21H,12,17-20H2,1-5H3. The Kier molecular flexibility index (Phi) is 8.44. The van der Waals surface area contributed by atoms with Crippen molar-refractivity contribution in [2.45, 2.75) is 44.8 Å². The molecule has 0 aliphatic carbocycles. The maximum atomic E-state index is 7.02. The highest BCUT2D eigenvalue weighted by molar-refractivity contribution is 7.01. The largest absolute Gasteiger partial charge is 0.429 e. The molecule has 2 aromatic carbocycles. The zero-order valence-electron chi connectivity index (χ0n) is 19.4. The first kappa shape index (κ1) is 24.5. The van der Waals surface area contributed by atoms with E-state index in [2.05, 4.69) is 86.9 Å². The minimum Gasteiger partial charge on any atom is -0.429 e. The average Bonchev–Trinajstić information content (AvgIpc) is 3.58. The Labute approximate surface area is 190 Å². The van der Waals surface area contributed by atoms with Gasteiger partial charge in [0.05, 0.1) is 13.2 Å². The molecule has 1 heterocycles. The second-order valence-electron chi connectivity index (χ2n) is 8.84. The SMILES string of the molecule is CO[Si](C)(CCCOCC1CO1)O[Si](C)(C)O[Si](C)(c1ccccc1)c1ccccc1. The molecule has 5 nitrogen and oxygen atoms in total. The number of hydrogen-bond donors (Lipinski definition) is 0. The molecule has 3 rings (SSSR count). The highest BCUT2D eigenvalue weighted by Crippen LogP contribution is 2.25. The van der Waals surface area contributed by atoms with Gasteiger partial charge >= 0.3 is 17.1 Å². The molecule has 0 spiro atoms. The van der Waals surface area contributed by atoms with Crippen LogP contribution in [0.1, 0.15) is 6.42 Å². The summed E-state index contributed by atoms with van der Waals surface area (Å²) in [5.41, 5.74) is 0. The van der Waals surface area contributed by atoms with Crippen molar-refractivity contribution in [1.82, 2.24) is 0 Å². The minimum atomic E-state index is -2.50. The van der Waals surface area contributed by atoms with Crippen molar-refractivity contribution in [3.05, 3.63) is 60.7 Å². The predicted octanol–water partition coefficient (Wildman–Crippen LogP) is 3.64. The Hall–Kier alpha value is -1.11. The molecule has 31 heavy (non-hydrogen) atoms. The summed E-state index contributed by atoms with van der Waals surface area (Å²) in [6.07, 6.45) is 1.22. The van der Waals surface area contributed by atoms with Gasteiger partial charge in [-0.05, 0) is 49.0 Å². The molecule has 170 valence electrons. The monoisotopic (exact) mass is 476 g/mol. The fourth-order valence-corrected chi connectivity index (χ4v) is 17.2. The molecule has 1 fully saturated rings. The number of benzene rings is 2. The highest BCUT2D eigenvalue weighted by atomic mass is 28.5. The predicted molar refractivity (Wildman–Crippen MR) is 132 cm³/mol. The molecule has 1 saturated heterocycles. The number of hydrogen-bond acceptors (Lipinski definition) is 5. The molecule has 1 aliphatic rings. The molecule has 2 unspecified atom stereocenters. The second kappa shape index (κ2) is 10.7. The van der Waals surface area contributed by atoms with Crippen LogP contribution in [0, 0.1) is 0 Å². The third kappa shape index (κ3) is 7.19. The molecule has 0 bridgehead atoms. The van der Waals surface area contributed by atoms with Crippen molar-refractivity contribution >= 4 is 35.8 Å². The lowest BCUT2D eigenvalue weighted by atomic mass is 10.4. The molecule has 0 aromatic heterocycles. The van der Waals surface area contributed by atoms with Crippen LogP contribution < -0.4 is 10.4 Å². The van der Waals surface area contributed by atoms with Crippen molar-refractivity contribution in [2.75, 3.05) is 26.9 Å². The molecule has 8 heteroatoms. The van der Waals surface area contributed by atoms with Crippen molar-refractivity contribution in [1.29, 1.82) is 0 Å². The zero-order chi connectivity index (χ0) is 22.4. The van der Waals surface area contributed by atoms with E-state index in [9.17, 15) is 0 Å². The van der Waals surface area contributed by atoms with E-state index in [1.54, 1.807) is 7.11 Å². The quantitative estimate of drug-likeness (QED) is 0.251. The van der Waals surface area contributed by atoms with Crippen molar-refractivity contribution in [2.24, 2.45) is 0 Å². The Morgan fingerprint density at radius 2 is 1.42 bits per heavy atom. The van der Waals surface area contributed by atoms with E-state index >= 15 is 0 Å². The third-order valence-corrected chi connectivity index (χ3v) is 17.9. The highest BCUT2D eigenvalue weighted by Gasteiger charge is 2.45. The Balaban J connectivity index is 1.70. The van der Waals surface area contributed by atoms with Crippen LogP contribution in [0.25, 0.3) is 0 Å². The van der Waals surface area contributed by atoms with Crippen LogP contribution in [0.4, 0.5) is 0 Å². The lowest BCUT2D eigenvalue weighted by Gasteiger charge is -2.40. The van der Waals surface area contributed by atoms with Crippen molar-refractivity contribution in [3.63, 3.8) is 0 Å². The maximum absolute atomic E-state index is 7.02. The van der Waals surface area contributed by atoms with E-state index in [0.29, 0.717) is 19.3 Å². The van der Waals surface area contributed by atoms with Crippen molar-refractivity contribution < 1.29 is 22.1 Å². The molecule has 0 saturated carbocycles. The third-order valence-electron chi connectivity index (χ3n) is 5.62. The minimum absolute atomic E-state index is 0.306. The fourth-order valence-electron chi connectivity index (χ4n) is 3.90. The maximum Gasteiger partial charge on any atom is 0.325 e. The van der Waals surface area contributed by atoms with E-state index in [0.717, 1.165) is 19.1 Å². The van der Waals surface area contributed by atoms with Gasteiger partial charge in [-0.2, -0.15) is 0 Å². The van der Waals surface area contributed by atoms with Crippen LogP contribution in [0.2, 0.25) is 32.2 Å². The van der Waals surface area contributed by atoms with E-state index in [-0.39, 0.29) is 0 Å². The van der Waals surface area contributed by atoms with E-state index in [1.807, 2.05) is 0 Å². The molecular weight excluding hydrogens is 441 g/mol. The van der Waals surface area contributed by atoms with Gasteiger partial charge in [0.25, 0.3) is 0 Å². The first-order valence-corrected chi connectivity index (χ1v) is 18.8. The Morgan fingerprint density at radius 3 is 1.90 bits per heavy atom. The van der Waals surface area contributed by atoms with Gasteiger partial charge in [-0.15, -0.1) is 0 Å². The summed E-state index contributed by atoms with van der Waals surface area (Å²) < 4.78 is 30.6. The van der Waals surface area contributed by atoms with Crippen LogP contribution in [-0.2, 0) is 22.1 Å². The molecule has 0 N–H and O–H groups in total. The second-order valence-corrected chi connectivity index (χ2v) is 19.7. The van der Waals surface area contributed by atoms with Gasteiger partial charge in [-0.25, -0.2) is 0 Å². The van der Waals surface area contributed by atoms with Crippen LogP contribution >= 0.6 is 0 Å². The first-order chi connectivity index (χ1) is 14.8. The molecule has 1 aliphatic heterocycles. The normalized spacial score (nSPS) is 18.5. The van der Waals surface area contributed by atoms with Crippen molar-refractivity contribution in [3.8, 4) is 0 Å². The van der Waals surface area contributed by atoms with Crippen LogP contribution in [-0.4, -0.2) is 58.5 Å². The first-order valence-electron chi connectivity index (χ1n) is 11.0. The van der Waals surface area contributed by atoms with Gasteiger partial charge in [0.2, 0.25) is 8.32 Å². The van der Waals surface area contributed by atoms with Gasteiger partial charge < -0.3 is 22.1 Å². The summed E-state index contributed by atoms with van der Waals surface area (Å²) >= 11 is 0. The number of epoxide rings is 1. The number of rotatable bonds is 13. The molecule has 2 atom stereocenters. The van der Waals surface area contributed by atoms with Crippen LogP contribution in [0.15, 0.2) is 60.7 Å². The van der Waals surface area contributed by atoms with Gasteiger partial charge in [0, 0.05) is 13.7 Å². The van der Waals surface area contributed by atoms with E-state index in [4.69, 9.17) is 22.1 Å². The van der Waals surface area contributed by atoms with Gasteiger partial charge in [-0.1, -0.05) is 60.7 Å². The molecule has 2 aromatic rings. The zero-order valence-corrected chi connectivity index (χ0v) is 22.4. The smallest absolute Gasteiger partial charge is 0.325 e. The van der Waals surface area contributed by atoms with Crippen LogP contribution in [0.3, 0.4) is 0 Å². The summed E-state index contributed by atoms with van der Waals surface area (Å²) in [6.45, 7) is 10.9. The Morgan fingerprint density at radius 1 is 0.871 bits per heavy atom. The molecule has 0 radical (unpaired) electrons. The summed E-state index contributed by atoms with van der Waals surface area (Å²) in [5, 5.41) is 2.50. The van der Waals surface area contributed by atoms with Gasteiger partial charge in [-0.3, -0.25) is 0 Å². The van der Waals surface area contributed by atoms with E-state index < -0.39 is 25.4 Å². The fraction of sp³-hybridized carbons (Fsp3) is 0.478. The summed E-state index contributed by atoms with van der Waals surface area (Å²) in [5.74, 6) is 0. The molecule has 0 amide bonds. The lowest BCUT2D eigenvalue weighted by Crippen LogP contribution is -2.65. The Bertz CT molecular complexity index is 762. The van der Waals surface area contributed by atoms with E-state index in [1.165, 1.54) is 10.4 Å². The van der Waals surface area contributed by atoms with Gasteiger partial charge in [0.15, 0.2) is 0 Å². The summed E-state index contributed by atoms with van der Waals surface area (Å²) in [4.78, 5) is 0. The lowest BCUT2D eigenvalue weighted by molar-refractivity contribution is 0.115.